The van der Waals surface area contributed by atoms with Gasteiger partial charge in [-0.15, -0.1) is 0 Å². The fourth-order valence-corrected chi connectivity index (χ4v) is 4.59. The molecular weight excluding hydrogens is 366 g/mol. The largest absolute Gasteiger partial charge is 0.481 e. The number of carboxylic acid groups (broad SMARTS) is 1. The molecule has 1 aliphatic heterocycles. The van der Waals surface area contributed by atoms with Crippen LogP contribution in [-0.2, 0) is 9.53 Å². The fourth-order valence-electron chi connectivity index (χ4n) is 4.59. The van der Waals surface area contributed by atoms with E-state index in [9.17, 15) is 14.7 Å². The number of carboxylic acids is 1. The van der Waals surface area contributed by atoms with Gasteiger partial charge in [0, 0.05) is 19.0 Å². The molecule has 0 saturated carbocycles. The minimum Gasteiger partial charge on any atom is -0.481 e. The van der Waals surface area contributed by atoms with Crippen molar-refractivity contribution in [2.45, 2.75) is 32.6 Å². The number of ether oxygens (including phenoxy) is 1. The van der Waals surface area contributed by atoms with Crippen molar-refractivity contribution in [1.29, 1.82) is 0 Å². The number of hydrogen-bond donors (Lipinski definition) is 1. The molecular formula is C24H27NO4. The van der Waals surface area contributed by atoms with E-state index in [0.29, 0.717) is 13.1 Å². The monoisotopic (exact) mass is 393 g/mol. The molecule has 5 heteroatoms. The van der Waals surface area contributed by atoms with E-state index in [4.69, 9.17) is 4.74 Å². The molecule has 5 nitrogen and oxygen atoms in total. The Balaban J connectivity index is 1.46. The van der Waals surface area contributed by atoms with E-state index in [2.05, 4.69) is 24.3 Å². The third-order valence-electron chi connectivity index (χ3n) is 6.59. The zero-order valence-electron chi connectivity index (χ0n) is 16.9. The Morgan fingerprint density at radius 3 is 2.24 bits per heavy atom. The van der Waals surface area contributed by atoms with E-state index in [1.807, 2.05) is 24.3 Å². The minimum atomic E-state index is -0.859. The predicted molar refractivity (Wildman–Crippen MR) is 111 cm³/mol. The summed E-state index contributed by atoms with van der Waals surface area (Å²) in [5.74, 6) is -0.867. The normalized spacial score (nSPS) is 18.8. The van der Waals surface area contributed by atoms with Crippen LogP contribution in [0.2, 0.25) is 0 Å². The molecule has 1 saturated heterocycles. The van der Waals surface area contributed by atoms with Crippen molar-refractivity contribution in [2.75, 3.05) is 19.7 Å². The molecule has 0 aromatic heterocycles. The van der Waals surface area contributed by atoms with Gasteiger partial charge in [-0.05, 0) is 54.9 Å². The van der Waals surface area contributed by atoms with E-state index in [1.165, 1.54) is 22.3 Å². The van der Waals surface area contributed by atoms with Crippen LogP contribution in [-0.4, -0.2) is 41.8 Å². The highest BCUT2D eigenvalue weighted by Crippen LogP contribution is 2.44. The molecule has 1 amide bonds. The third kappa shape index (κ3) is 3.50. The highest BCUT2D eigenvalue weighted by molar-refractivity contribution is 5.79. The van der Waals surface area contributed by atoms with Gasteiger partial charge in [0.25, 0.3) is 0 Å². The first-order valence-corrected chi connectivity index (χ1v) is 10.2. The molecule has 2 aromatic rings. The summed E-state index contributed by atoms with van der Waals surface area (Å²) in [6.07, 6.45) is 1.26. The lowest BCUT2D eigenvalue weighted by molar-refractivity contribution is -0.151. The summed E-state index contributed by atoms with van der Waals surface area (Å²) >= 11 is 0. The Labute approximate surface area is 171 Å². The van der Waals surface area contributed by atoms with Crippen molar-refractivity contribution in [2.24, 2.45) is 11.3 Å². The van der Waals surface area contributed by atoms with Gasteiger partial charge in [-0.1, -0.05) is 48.5 Å². The number of likely N-dealkylation sites (tertiary alicyclic amines) is 1. The lowest BCUT2D eigenvalue weighted by Crippen LogP contribution is -2.47. The Morgan fingerprint density at radius 2 is 1.66 bits per heavy atom. The molecule has 1 fully saturated rings. The van der Waals surface area contributed by atoms with E-state index < -0.39 is 11.4 Å². The van der Waals surface area contributed by atoms with Gasteiger partial charge in [0.1, 0.15) is 6.61 Å². The summed E-state index contributed by atoms with van der Waals surface area (Å²) in [5.41, 5.74) is 3.91. The van der Waals surface area contributed by atoms with Crippen molar-refractivity contribution >= 4 is 12.1 Å². The highest BCUT2D eigenvalue weighted by Gasteiger charge is 2.40. The zero-order chi connectivity index (χ0) is 20.6. The maximum Gasteiger partial charge on any atom is 0.409 e. The second kappa shape index (κ2) is 7.54. The number of fused-ring (bicyclic) bond motifs is 3. The number of carbonyl (C=O) groups is 2. The molecule has 29 heavy (non-hydrogen) atoms. The van der Waals surface area contributed by atoms with E-state index in [0.717, 1.165) is 12.8 Å². The molecule has 1 N–H and O–H groups in total. The van der Waals surface area contributed by atoms with Gasteiger partial charge in [0.05, 0.1) is 5.41 Å². The molecule has 2 aromatic carbocycles. The number of piperidine rings is 1. The number of rotatable bonds is 4. The second-order valence-corrected chi connectivity index (χ2v) is 8.62. The SMILES string of the molecule is CC(C)(C(=O)O)C1CCCN(C(=O)OCC2c3ccccc3-c3ccccc32)C1. The van der Waals surface area contributed by atoms with Crippen molar-refractivity contribution in [1.82, 2.24) is 4.90 Å². The summed E-state index contributed by atoms with van der Waals surface area (Å²) in [6, 6.07) is 16.5. The molecule has 1 atom stereocenters. The fraction of sp³-hybridized carbons (Fsp3) is 0.417. The van der Waals surface area contributed by atoms with Crippen LogP contribution in [0.15, 0.2) is 48.5 Å². The Bertz CT molecular complexity index is 890. The van der Waals surface area contributed by atoms with E-state index in [-0.39, 0.29) is 24.5 Å². The van der Waals surface area contributed by atoms with Gasteiger partial charge in [-0.25, -0.2) is 4.79 Å². The molecule has 0 spiro atoms. The molecule has 0 bridgehead atoms. The third-order valence-corrected chi connectivity index (χ3v) is 6.59. The number of carbonyl (C=O) groups excluding carboxylic acids is 1. The van der Waals surface area contributed by atoms with Crippen LogP contribution >= 0.6 is 0 Å². The van der Waals surface area contributed by atoms with E-state index >= 15 is 0 Å². The quantitative estimate of drug-likeness (QED) is 0.813. The first-order valence-electron chi connectivity index (χ1n) is 10.2. The van der Waals surface area contributed by atoms with Gasteiger partial charge in [-0.2, -0.15) is 0 Å². The molecule has 1 unspecified atom stereocenters. The molecule has 1 heterocycles. The second-order valence-electron chi connectivity index (χ2n) is 8.62. The summed E-state index contributed by atoms with van der Waals surface area (Å²) in [6.45, 7) is 4.80. The molecule has 4 rings (SSSR count). The van der Waals surface area contributed by atoms with Crippen LogP contribution < -0.4 is 0 Å². The first-order chi connectivity index (χ1) is 13.9. The Kier molecular flexibility index (Phi) is 5.07. The topological polar surface area (TPSA) is 66.8 Å². The number of hydrogen-bond acceptors (Lipinski definition) is 3. The zero-order valence-corrected chi connectivity index (χ0v) is 16.9. The highest BCUT2D eigenvalue weighted by atomic mass is 16.6. The van der Waals surface area contributed by atoms with Crippen molar-refractivity contribution in [3.05, 3.63) is 59.7 Å². The van der Waals surface area contributed by atoms with Gasteiger partial charge in [0.15, 0.2) is 0 Å². The summed E-state index contributed by atoms with van der Waals surface area (Å²) < 4.78 is 5.74. The van der Waals surface area contributed by atoms with Gasteiger partial charge < -0.3 is 14.7 Å². The molecule has 152 valence electrons. The number of aliphatic carboxylic acids is 1. The summed E-state index contributed by atoms with van der Waals surface area (Å²) in [5, 5.41) is 9.52. The van der Waals surface area contributed by atoms with Crippen LogP contribution in [0.4, 0.5) is 4.79 Å². The summed E-state index contributed by atoms with van der Waals surface area (Å²) in [7, 11) is 0. The first kappa shape index (κ1) is 19.5. The lowest BCUT2D eigenvalue weighted by Gasteiger charge is -2.38. The lowest BCUT2D eigenvalue weighted by atomic mass is 9.75. The minimum absolute atomic E-state index is 0.0300. The number of nitrogens with zero attached hydrogens (tertiary/aromatic N) is 1. The smallest absolute Gasteiger partial charge is 0.409 e. The van der Waals surface area contributed by atoms with Crippen LogP contribution in [0.3, 0.4) is 0 Å². The van der Waals surface area contributed by atoms with Crippen molar-refractivity contribution in [3.63, 3.8) is 0 Å². The van der Waals surface area contributed by atoms with Crippen molar-refractivity contribution in [3.8, 4) is 11.1 Å². The van der Waals surface area contributed by atoms with Gasteiger partial charge >= 0.3 is 12.1 Å². The maximum atomic E-state index is 12.8. The molecule has 1 aliphatic carbocycles. The standard InChI is InChI=1S/C24H27NO4/c1-24(2,22(26)27)16-8-7-13-25(14-16)23(28)29-15-21-19-11-5-3-9-17(19)18-10-4-6-12-20(18)21/h3-6,9-12,16,21H,7-8,13-15H2,1-2H3,(H,26,27). The van der Waals surface area contributed by atoms with E-state index in [1.54, 1.807) is 18.7 Å². The van der Waals surface area contributed by atoms with Crippen LogP contribution in [0.5, 0.6) is 0 Å². The maximum absolute atomic E-state index is 12.8. The van der Waals surface area contributed by atoms with Gasteiger partial charge in [0.2, 0.25) is 0 Å². The number of benzene rings is 2. The Hall–Kier alpha value is -2.82. The van der Waals surface area contributed by atoms with Crippen LogP contribution in [0.25, 0.3) is 11.1 Å². The number of amides is 1. The van der Waals surface area contributed by atoms with Crippen LogP contribution in [0, 0.1) is 11.3 Å². The van der Waals surface area contributed by atoms with Gasteiger partial charge in [-0.3, -0.25) is 4.79 Å². The Morgan fingerprint density at radius 1 is 1.07 bits per heavy atom. The molecule has 0 radical (unpaired) electrons. The average molecular weight is 393 g/mol. The van der Waals surface area contributed by atoms with Crippen LogP contribution in [0.1, 0.15) is 43.7 Å². The predicted octanol–water partition coefficient (Wildman–Crippen LogP) is 4.76. The van der Waals surface area contributed by atoms with Crippen molar-refractivity contribution < 1.29 is 19.4 Å². The molecule has 2 aliphatic rings. The average Bonchev–Trinajstić information content (AvgIpc) is 3.06. The summed E-state index contributed by atoms with van der Waals surface area (Å²) in [4.78, 5) is 26.0.